The number of carbonyl (C=O) groups excluding carboxylic acids is 2. The van der Waals surface area contributed by atoms with Crippen LogP contribution in [0.1, 0.15) is 52.9 Å². The average Bonchev–Trinajstić information content (AvgIpc) is 2.29. The summed E-state index contributed by atoms with van der Waals surface area (Å²) in [5.41, 5.74) is 0. The molecule has 0 aromatic rings. The third kappa shape index (κ3) is 4.77. The fourth-order valence-corrected chi connectivity index (χ4v) is 2.33. The molecule has 1 N–H and O–H groups in total. The summed E-state index contributed by atoms with van der Waals surface area (Å²) < 4.78 is 0. The molecule has 104 valence electrons. The van der Waals surface area contributed by atoms with E-state index in [4.69, 9.17) is 0 Å². The molecule has 0 aromatic carbocycles. The second kappa shape index (κ2) is 7.52. The van der Waals surface area contributed by atoms with Gasteiger partial charge in [-0.15, -0.1) is 0 Å². The lowest BCUT2D eigenvalue weighted by Gasteiger charge is -2.28. The van der Waals surface area contributed by atoms with Crippen molar-refractivity contribution in [2.45, 2.75) is 58.9 Å². The Morgan fingerprint density at radius 1 is 1.33 bits per heavy atom. The number of nitrogens with one attached hydrogen (secondary N) is 1. The van der Waals surface area contributed by atoms with Crippen molar-refractivity contribution in [2.24, 2.45) is 5.92 Å². The van der Waals surface area contributed by atoms with Gasteiger partial charge in [-0.1, -0.05) is 13.8 Å². The van der Waals surface area contributed by atoms with E-state index in [1.165, 1.54) is 4.90 Å². The lowest BCUT2D eigenvalue weighted by Crippen LogP contribution is -2.43. The second-order valence-corrected chi connectivity index (χ2v) is 5.45. The van der Waals surface area contributed by atoms with Gasteiger partial charge >= 0.3 is 0 Å². The highest BCUT2D eigenvalue weighted by atomic mass is 16.2. The van der Waals surface area contributed by atoms with E-state index >= 15 is 0 Å². The Morgan fingerprint density at radius 3 is 2.50 bits per heavy atom. The fourth-order valence-electron chi connectivity index (χ4n) is 2.33. The summed E-state index contributed by atoms with van der Waals surface area (Å²) in [5, 5.41) is 3.41. The molecule has 0 aromatic heterocycles. The van der Waals surface area contributed by atoms with Crippen LogP contribution in [-0.4, -0.2) is 35.8 Å². The van der Waals surface area contributed by atoms with Gasteiger partial charge in [0.05, 0.1) is 0 Å². The smallest absolute Gasteiger partial charge is 0.229 e. The Morgan fingerprint density at radius 2 is 1.94 bits per heavy atom. The number of carbonyl (C=O) groups is 2. The van der Waals surface area contributed by atoms with E-state index in [1.807, 2.05) is 6.92 Å². The Kier molecular flexibility index (Phi) is 6.33. The first-order chi connectivity index (χ1) is 8.54. The van der Waals surface area contributed by atoms with E-state index in [0.717, 1.165) is 25.8 Å². The van der Waals surface area contributed by atoms with Crippen LogP contribution in [0.15, 0.2) is 0 Å². The minimum Gasteiger partial charge on any atom is -0.314 e. The quantitative estimate of drug-likeness (QED) is 0.706. The second-order valence-electron chi connectivity index (χ2n) is 5.45. The minimum absolute atomic E-state index is 0.00733. The molecule has 1 heterocycles. The summed E-state index contributed by atoms with van der Waals surface area (Å²) in [4.78, 5) is 25.0. The number of nitrogens with zero attached hydrogens (tertiary/aromatic N) is 1. The number of hydrogen-bond donors (Lipinski definition) is 1. The zero-order valence-corrected chi connectivity index (χ0v) is 11.9. The first-order valence-corrected chi connectivity index (χ1v) is 7.11. The maximum atomic E-state index is 11.8. The van der Waals surface area contributed by atoms with E-state index < -0.39 is 0 Å². The van der Waals surface area contributed by atoms with Crippen LogP contribution >= 0.6 is 0 Å². The number of rotatable bonds is 7. The molecule has 1 saturated heterocycles. The highest BCUT2D eigenvalue weighted by molar-refractivity contribution is 5.97. The number of amides is 2. The number of piperidine rings is 1. The Labute approximate surface area is 110 Å². The molecule has 0 saturated carbocycles. The van der Waals surface area contributed by atoms with Gasteiger partial charge in [0, 0.05) is 25.4 Å². The van der Waals surface area contributed by atoms with Crippen molar-refractivity contribution in [1.82, 2.24) is 10.2 Å². The van der Waals surface area contributed by atoms with E-state index in [2.05, 4.69) is 19.2 Å². The summed E-state index contributed by atoms with van der Waals surface area (Å²) in [6.07, 6.45) is 4.08. The zero-order valence-electron chi connectivity index (χ0n) is 11.9. The molecule has 1 fully saturated rings. The summed E-state index contributed by atoms with van der Waals surface area (Å²) >= 11 is 0. The predicted octanol–water partition coefficient (Wildman–Crippen LogP) is 1.94. The Bertz CT molecular complexity index is 274. The van der Waals surface area contributed by atoms with E-state index in [0.29, 0.717) is 25.4 Å². The standard InChI is InChI=1S/C14H26N2O2/c1-4-7-15-12(3)6-5-8-16-13(17)9-11(2)10-14(16)18/h11-12,15H,4-10H2,1-3H3. The predicted molar refractivity (Wildman–Crippen MR) is 72.1 cm³/mol. The van der Waals surface area contributed by atoms with Crippen LogP contribution in [0, 0.1) is 5.92 Å². The van der Waals surface area contributed by atoms with E-state index in [1.54, 1.807) is 0 Å². The maximum Gasteiger partial charge on any atom is 0.229 e. The van der Waals surface area contributed by atoms with Gasteiger partial charge in [-0.2, -0.15) is 0 Å². The monoisotopic (exact) mass is 254 g/mol. The van der Waals surface area contributed by atoms with Crippen molar-refractivity contribution in [3.63, 3.8) is 0 Å². The molecular weight excluding hydrogens is 228 g/mol. The molecule has 0 radical (unpaired) electrons. The van der Waals surface area contributed by atoms with Crippen molar-refractivity contribution in [3.8, 4) is 0 Å². The fraction of sp³-hybridized carbons (Fsp3) is 0.857. The number of likely N-dealkylation sites (tertiary alicyclic amines) is 1. The largest absolute Gasteiger partial charge is 0.314 e. The maximum absolute atomic E-state index is 11.8. The van der Waals surface area contributed by atoms with Gasteiger partial charge < -0.3 is 5.32 Å². The van der Waals surface area contributed by atoms with Crippen LogP contribution in [0.5, 0.6) is 0 Å². The van der Waals surface area contributed by atoms with Gasteiger partial charge in [-0.25, -0.2) is 0 Å². The molecule has 18 heavy (non-hydrogen) atoms. The van der Waals surface area contributed by atoms with Gasteiger partial charge in [0.2, 0.25) is 11.8 Å². The molecule has 1 atom stereocenters. The summed E-state index contributed by atoms with van der Waals surface area (Å²) in [6.45, 7) is 7.87. The van der Waals surface area contributed by atoms with Crippen LogP contribution in [-0.2, 0) is 9.59 Å². The highest BCUT2D eigenvalue weighted by Crippen LogP contribution is 2.19. The van der Waals surface area contributed by atoms with Gasteiger partial charge in [0.25, 0.3) is 0 Å². The summed E-state index contributed by atoms with van der Waals surface area (Å²) in [7, 11) is 0. The first-order valence-electron chi connectivity index (χ1n) is 7.11. The van der Waals surface area contributed by atoms with Crippen LogP contribution < -0.4 is 5.32 Å². The molecule has 4 heteroatoms. The van der Waals surface area contributed by atoms with Gasteiger partial charge in [-0.3, -0.25) is 14.5 Å². The summed E-state index contributed by atoms with van der Waals surface area (Å²) in [5.74, 6) is 0.229. The molecule has 2 amide bonds. The molecular formula is C14H26N2O2. The van der Waals surface area contributed by atoms with Crippen molar-refractivity contribution < 1.29 is 9.59 Å². The molecule has 0 spiro atoms. The molecule has 0 aliphatic carbocycles. The van der Waals surface area contributed by atoms with Crippen LogP contribution in [0.2, 0.25) is 0 Å². The van der Waals surface area contributed by atoms with Crippen molar-refractivity contribution in [1.29, 1.82) is 0 Å². The third-order valence-corrected chi connectivity index (χ3v) is 3.41. The number of hydrogen-bond acceptors (Lipinski definition) is 3. The van der Waals surface area contributed by atoms with Crippen LogP contribution in [0.3, 0.4) is 0 Å². The highest BCUT2D eigenvalue weighted by Gasteiger charge is 2.29. The molecule has 4 nitrogen and oxygen atoms in total. The Balaban J connectivity index is 2.26. The topological polar surface area (TPSA) is 49.4 Å². The average molecular weight is 254 g/mol. The Hall–Kier alpha value is -0.900. The number of imide groups is 1. The van der Waals surface area contributed by atoms with Gasteiger partial charge in [-0.05, 0) is 38.6 Å². The van der Waals surface area contributed by atoms with E-state index in [-0.39, 0.29) is 17.7 Å². The van der Waals surface area contributed by atoms with E-state index in [9.17, 15) is 9.59 Å². The first kappa shape index (κ1) is 15.2. The van der Waals surface area contributed by atoms with Crippen LogP contribution in [0.25, 0.3) is 0 Å². The molecule has 1 aliphatic heterocycles. The summed E-state index contributed by atoms with van der Waals surface area (Å²) in [6, 6.07) is 0.457. The van der Waals surface area contributed by atoms with Gasteiger partial charge in [0.15, 0.2) is 0 Å². The minimum atomic E-state index is 0.00733. The zero-order chi connectivity index (χ0) is 13.5. The lowest BCUT2D eigenvalue weighted by molar-refractivity contribution is -0.149. The molecule has 1 rings (SSSR count). The third-order valence-electron chi connectivity index (χ3n) is 3.41. The van der Waals surface area contributed by atoms with Crippen molar-refractivity contribution in [2.75, 3.05) is 13.1 Å². The lowest BCUT2D eigenvalue weighted by atomic mass is 9.97. The van der Waals surface area contributed by atoms with Crippen molar-refractivity contribution >= 4 is 11.8 Å². The van der Waals surface area contributed by atoms with Crippen LogP contribution in [0.4, 0.5) is 0 Å². The molecule has 0 bridgehead atoms. The molecule has 1 unspecified atom stereocenters. The molecule has 1 aliphatic rings. The van der Waals surface area contributed by atoms with Gasteiger partial charge in [0.1, 0.15) is 0 Å². The SMILES string of the molecule is CCCNC(C)CCCN1C(=O)CC(C)CC1=O. The van der Waals surface area contributed by atoms with Crippen molar-refractivity contribution in [3.05, 3.63) is 0 Å². The normalized spacial score (nSPS) is 19.4.